The van der Waals surface area contributed by atoms with Gasteiger partial charge in [-0.2, -0.15) is 13.2 Å². The predicted molar refractivity (Wildman–Crippen MR) is 117 cm³/mol. The van der Waals surface area contributed by atoms with E-state index in [9.17, 15) is 27.9 Å². The van der Waals surface area contributed by atoms with E-state index in [0.717, 1.165) is 12.1 Å². The van der Waals surface area contributed by atoms with Crippen molar-refractivity contribution in [1.29, 1.82) is 0 Å². The lowest BCUT2D eigenvalue weighted by molar-refractivity contribution is -0.130. The maximum Gasteiger partial charge on any atom is 0.416 e. The largest absolute Gasteiger partial charge is 0.506 e. The first-order valence-electron chi connectivity index (χ1n) is 9.68. The van der Waals surface area contributed by atoms with E-state index in [1.807, 2.05) is 0 Å². The van der Waals surface area contributed by atoms with Gasteiger partial charge in [-0.3, -0.25) is 9.59 Å². The molecule has 2 amide bonds. The number of hydrogen-bond donors (Lipinski definition) is 3. The van der Waals surface area contributed by atoms with Crippen molar-refractivity contribution < 1.29 is 27.9 Å². The number of halogens is 4. The average molecular weight is 484 g/mol. The molecule has 1 aliphatic heterocycles. The molecule has 2 heterocycles. The van der Waals surface area contributed by atoms with Crippen molar-refractivity contribution in [2.75, 3.05) is 18.4 Å². The van der Waals surface area contributed by atoms with Crippen molar-refractivity contribution in [2.24, 2.45) is 7.05 Å². The number of alkyl halides is 3. The number of hydrogen-bond acceptors (Lipinski definition) is 5. The molecule has 0 bridgehead atoms. The number of rotatable bonds is 7. The summed E-state index contributed by atoms with van der Waals surface area (Å²) in [4.78, 5) is 29.7. The number of benzene rings is 1. The van der Waals surface area contributed by atoms with Crippen LogP contribution in [0.25, 0.3) is 5.57 Å². The van der Waals surface area contributed by atoms with Gasteiger partial charge in [0, 0.05) is 31.8 Å². The first-order chi connectivity index (χ1) is 15.4. The summed E-state index contributed by atoms with van der Waals surface area (Å²) in [6, 6.07) is 1.85. The third-order valence-corrected chi connectivity index (χ3v) is 5.52. The van der Waals surface area contributed by atoms with Crippen LogP contribution in [0, 0.1) is 0 Å². The van der Waals surface area contributed by atoms with Crippen LogP contribution in [0.5, 0.6) is 5.75 Å². The number of carbonyl (C=O) groups excluding carboxylic acids is 2. The lowest BCUT2D eigenvalue weighted by atomic mass is 10.1. The van der Waals surface area contributed by atoms with Crippen molar-refractivity contribution in [3.05, 3.63) is 59.7 Å². The van der Waals surface area contributed by atoms with E-state index in [4.69, 9.17) is 11.6 Å². The number of nitrogens with one attached hydrogen (secondary N) is 2. The smallest absolute Gasteiger partial charge is 0.416 e. The Morgan fingerprint density at radius 2 is 2.03 bits per heavy atom. The molecule has 3 rings (SSSR count). The molecule has 176 valence electrons. The average Bonchev–Trinajstić information content (AvgIpc) is 3.08. The quantitative estimate of drug-likeness (QED) is 0.415. The molecule has 1 aromatic heterocycles. The summed E-state index contributed by atoms with van der Waals surface area (Å²) in [5.41, 5.74) is -1.26. The Morgan fingerprint density at radius 3 is 2.64 bits per heavy atom. The first kappa shape index (κ1) is 24.2. The Balaban J connectivity index is 1.66. The fourth-order valence-corrected chi connectivity index (χ4v) is 3.50. The van der Waals surface area contributed by atoms with Gasteiger partial charge in [0.1, 0.15) is 17.3 Å². The number of carbonyl (C=O) groups is 2. The fraction of sp³-hybridized carbons (Fsp3) is 0.286. The number of imidazole rings is 1. The maximum absolute atomic E-state index is 13.0. The minimum Gasteiger partial charge on any atom is -0.506 e. The van der Waals surface area contributed by atoms with Gasteiger partial charge < -0.3 is 25.2 Å². The Bertz CT molecular complexity index is 1120. The zero-order chi connectivity index (χ0) is 24.5. The summed E-state index contributed by atoms with van der Waals surface area (Å²) in [7, 11) is 1.60. The van der Waals surface area contributed by atoms with E-state index < -0.39 is 11.7 Å². The van der Waals surface area contributed by atoms with Crippen molar-refractivity contribution >= 4 is 34.7 Å². The van der Waals surface area contributed by atoms with E-state index in [0.29, 0.717) is 18.9 Å². The van der Waals surface area contributed by atoms with Gasteiger partial charge in [-0.05, 0) is 12.1 Å². The molecule has 1 aliphatic rings. The molecule has 0 spiro atoms. The van der Waals surface area contributed by atoms with Crippen LogP contribution in [0.2, 0.25) is 5.02 Å². The lowest BCUT2D eigenvalue weighted by Crippen LogP contribution is -2.60. The molecule has 2 aromatic rings. The minimum atomic E-state index is -4.68. The number of allylic oxidation sites excluding steroid dienone is 1. The maximum atomic E-state index is 13.0. The number of amides is 2. The van der Waals surface area contributed by atoms with Crippen LogP contribution in [0.4, 0.5) is 18.9 Å². The van der Waals surface area contributed by atoms with E-state index >= 15 is 0 Å². The topological polar surface area (TPSA) is 99.5 Å². The van der Waals surface area contributed by atoms with Gasteiger partial charge in [0.15, 0.2) is 0 Å². The molecule has 0 atom stereocenters. The van der Waals surface area contributed by atoms with Crippen LogP contribution < -0.4 is 10.6 Å². The molecule has 33 heavy (non-hydrogen) atoms. The number of likely N-dealkylation sites (tertiary alicyclic amines) is 1. The van der Waals surface area contributed by atoms with Crippen molar-refractivity contribution in [1.82, 2.24) is 19.8 Å². The Labute approximate surface area is 192 Å². The Morgan fingerprint density at radius 1 is 1.36 bits per heavy atom. The van der Waals surface area contributed by atoms with E-state index in [2.05, 4.69) is 28.8 Å². The van der Waals surface area contributed by atoms with Gasteiger partial charge in [-0.25, -0.2) is 4.98 Å². The van der Waals surface area contributed by atoms with E-state index in [1.54, 1.807) is 7.05 Å². The van der Waals surface area contributed by atoms with Crippen LogP contribution in [-0.2, 0) is 18.4 Å². The summed E-state index contributed by atoms with van der Waals surface area (Å²) in [6.07, 6.45) is -2.12. The van der Waals surface area contributed by atoms with Gasteiger partial charge in [0.25, 0.3) is 5.91 Å². The van der Waals surface area contributed by atoms with E-state index in [1.165, 1.54) is 21.7 Å². The standard InChI is InChI=1S/C21H21ClF3N5O3/c1-4-19(32)30-9-12(10-30)28-20(33)16-7-27-18(29(16)3)8-26-15-5-13(11(2)21(23,24)25)14(22)6-17(15)31/h4-7,12,26,31H,1-2,8-10H2,3H3,(H,28,33). The van der Waals surface area contributed by atoms with Crippen molar-refractivity contribution in [3.63, 3.8) is 0 Å². The summed E-state index contributed by atoms with van der Waals surface area (Å²) in [5, 5.41) is 15.4. The molecule has 1 aromatic carbocycles. The van der Waals surface area contributed by atoms with Gasteiger partial charge in [0.05, 0.1) is 35.1 Å². The SMILES string of the molecule is C=CC(=O)N1CC(NC(=O)c2cnc(CNc3cc(C(=C)C(F)(F)F)c(Cl)cc3O)n2C)C1. The molecule has 0 unspecified atom stereocenters. The molecule has 12 heteroatoms. The highest BCUT2D eigenvalue weighted by molar-refractivity contribution is 6.32. The Kier molecular flexibility index (Phi) is 6.73. The monoisotopic (exact) mass is 483 g/mol. The number of aromatic nitrogens is 2. The van der Waals surface area contributed by atoms with Gasteiger partial charge in [0.2, 0.25) is 5.91 Å². The van der Waals surface area contributed by atoms with Crippen LogP contribution in [0.15, 0.2) is 37.6 Å². The minimum absolute atomic E-state index is 0.00193. The third-order valence-electron chi connectivity index (χ3n) is 5.21. The third kappa shape index (κ3) is 5.14. The normalized spacial score (nSPS) is 13.9. The van der Waals surface area contributed by atoms with Gasteiger partial charge >= 0.3 is 6.18 Å². The zero-order valence-electron chi connectivity index (χ0n) is 17.5. The highest BCUT2D eigenvalue weighted by Gasteiger charge is 2.34. The molecule has 1 fully saturated rings. The van der Waals surface area contributed by atoms with Crippen molar-refractivity contribution in [3.8, 4) is 5.75 Å². The summed E-state index contributed by atoms with van der Waals surface area (Å²) >= 11 is 5.84. The summed E-state index contributed by atoms with van der Waals surface area (Å²) in [6.45, 7) is 7.20. The predicted octanol–water partition coefficient (Wildman–Crippen LogP) is 3.09. The van der Waals surface area contributed by atoms with Crippen LogP contribution in [0.3, 0.4) is 0 Å². The van der Waals surface area contributed by atoms with Gasteiger partial charge in [-0.1, -0.05) is 24.8 Å². The highest BCUT2D eigenvalue weighted by atomic mass is 35.5. The van der Waals surface area contributed by atoms with Crippen molar-refractivity contribution in [2.45, 2.75) is 18.8 Å². The summed E-state index contributed by atoms with van der Waals surface area (Å²) in [5.74, 6) is -0.552. The molecule has 0 radical (unpaired) electrons. The second-order valence-corrected chi connectivity index (χ2v) is 7.82. The van der Waals surface area contributed by atoms with Gasteiger partial charge in [-0.15, -0.1) is 0 Å². The number of nitrogens with zero attached hydrogens (tertiary/aromatic N) is 3. The lowest BCUT2D eigenvalue weighted by Gasteiger charge is -2.38. The summed E-state index contributed by atoms with van der Waals surface area (Å²) < 4.78 is 40.5. The number of phenols is 1. The number of aromatic hydroxyl groups is 1. The molecular weight excluding hydrogens is 463 g/mol. The molecule has 0 aliphatic carbocycles. The second kappa shape index (κ2) is 9.18. The fourth-order valence-electron chi connectivity index (χ4n) is 3.22. The second-order valence-electron chi connectivity index (χ2n) is 7.42. The van der Waals surface area contributed by atoms with Crippen LogP contribution in [-0.4, -0.2) is 56.7 Å². The molecule has 8 nitrogen and oxygen atoms in total. The Hall–Kier alpha value is -3.47. The molecule has 0 saturated carbocycles. The number of phenolic OH excluding ortho intramolecular Hbond substituents is 1. The molecular formula is C21H21ClF3N5O3. The molecule has 3 N–H and O–H groups in total. The first-order valence-corrected chi connectivity index (χ1v) is 10.1. The number of anilines is 1. The highest BCUT2D eigenvalue weighted by Crippen LogP contribution is 2.40. The zero-order valence-corrected chi connectivity index (χ0v) is 18.3. The van der Waals surface area contributed by atoms with Crippen LogP contribution in [0.1, 0.15) is 21.9 Å². The molecule has 1 saturated heterocycles. The van der Waals surface area contributed by atoms with Crippen LogP contribution >= 0.6 is 11.6 Å². The van der Waals surface area contributed by atoms with E-state index in [-0.39, 0.29) is 52.1 Å².